The quantitative estimate of drug-likeness (QED) is 0.870. The van der Waals surface area contributed by atoms with Crippen LogP contribution in [0.4, 0.5) is 5.69 Å². The van der Waals surface area contributed by atoms with Gasteiger partial charge in [0.15, 0.2) is 0 Å². The number of halogens is 1. The molecule has 2 N–H and O–H groups in total. The van der Waals surface area contributed by atoms with Crippen molar-refractivity contribution in [1.82, 2.24) is 4.98 Å². The van der Waals surface area contributed by atoms with E-state index in [-0.39, 0.29) is 0 Å². The van der Waals surface area contributed by atoms with Gasteiger partial charge in [0.05, 0.1) is 0 Å². The molecule has 0 unspecified atom stereocenters. The highest BCUT2D eigenvalue weighted by molar-refractivity contribution is 9.10. The molecule has 0 aliphatic carbocycles. The van der Waals surface area contributed by atoms with Crippen molar-refractivity contribution < 1.29 is 0 Å². The van der Waals surface area contributed by atoms with Crippen molar-refractivity contribution in [1.29, 1.82) is 0 Å². The molecule has 78 valence electrons. The summed E-state index contributed by atoms with van der Waals surface area (Å²) in [5, 5.41) is 3.37. The standard InChI is InChI=1S/C12H13BrN2/c1-9-2-3-11(6-12(9)13)15-8-10-4-5-14-7-10/h2-7,14-15H,8H2,1H3. The summed E-state index contributed by atoms with van der Waals surface area (Å²) in [6, 6.07) is 8.36. The van der Waals surface area contributed by atoms with Gasteiger partial charge in [-0.3, -0.25) is 0 Å². The number of anilines is 1. The van der Waals surface area contributed by atoms with Crippen LogP contribution in [0.1, 0.15) is 11.1 Å². The summed E-state index contributed by atoms with van der Waals surface area (Å²) < 4.78 is 1.14. The van der Waals surface area contributed by atoms with Gasteiger partial charge in [-0.1, -0.05) is 22.0 Å². The van der Waals surface area contributed by atoms with Crippen LogP contribution in [0.25, 0.3) is 0 Å². The first-order valence-electron chi connectivity index (χ1n) is 4.87. The van der Waals surface area contributed by atoms with Crippen molar-refractivity contribution in [2.24, 2.45) is 0 Å². The molecular weight excluding hydrogens is 252 g/mol. The van der Waals surface area contributed by atoms with Gasteiger partial charge in [-0.05, 0) is 36.2 Å². The summed E-state index contributed by atoms with van der Waals surface area (Å²) in [5.74, 6) is 0. The van der Waals surface area contributed by atoms with Gasteiger partial charge in [-0.25, -0.2) is 0 Å². The zero-order valence-electron chi connectivity index (χ0n) is 8.55. The van der Waals surface area contributed by atoms with Gasteiger partial charge >= 0.3 is 0 Å². The number of rotatable bonds is 3. The summed E-state index contributed by atoms with van der Waals surface area (Å²) in [6.45, 7) is 2.93. The maximum atomic E-state index is 3.52. The number of nitrogens with one attached hydrogen (secondary N) is 2. The Bertz CT molecular complexity index is 435. The maximum absolute atomic E-state index is 3.52. The number of aromatic nitrogens is 1. The molecule has 2 aromatic rings. The summed E-state index contributed by atoms with van der Waals surface area (Å²) in [5.41, 5.74) is 3.64. The van der Waals surface area contributed by atoms with E-state index in [0.29, 0.717) is 0 Å². The zero-order chi connectivity index (χ0) is 10.7. The lowest BCUT2D eigenvalue weighted by atomic mass is 10.2. The highest BCUT2D eigenvalue weighted by atomic mass is 79.9. The van der Waals surface area contributed by atoms with E-state index in [1.165, 1.54) is 11.1 Å². The van der Waals surface area contributed by atoms with Crippen molar-refractivity contribution in [3.63, 3.8) is 0 Å². The summed E-state index contributed by atoms with van der Waals surface area (Å²) in [6.07, 6.45) is 3.93. The molecule has 0 fully saturated rings. The molecule has 0 saturated heterocycles. The van der Waals surface area contributed by atoms with Crippen molar-refractivity contribution in [3.8, 4) is 0 Å². The fourth-order valence-corrected chi connectivity index (χ4v) is 1.75. The van der Waals surface area contributed by atoms with Crippen LogP contribution in [-0.2, 0) is 6.54 Å². The van der Waals surface area contributed by atoms with Crippen molar-refractivity contribution >= 4 is 21.6 Å². The topological polar surface area (TPSA) is 27.8 Å². The first-order valence-corrected chi connectivity index (χ1v) is 5.67. The second kappa shape index (κ2) is 4.53. The van der Waals surface area contributed by atoms with E-state index in [4.69, 9.17) is 0 Å². The largest absolute Gasteiger partial charge is 0.381 e. The highest BCUT2D eigenvalue weighted by Crippen LogP contribution is 2.20. The average Bonchev–Trinajstić information content (AvgIpc) is 2.73. The third-order valence-electron chi connectivity index (χ3n) is 2.33. The van der Waals surface area contributed by atoms with Crippen molar-refractivity contribution in [2.45, 2.75) is 13.5 Å². The summed E-state index contributed by atoms with van der Waals surface area (Å²) in [4.78, 5) is 3.04. The molecular formula is C12H13BrN2. The van der Waals surface area contributed by atoms with E-state index in [9.17, 15) is 0 Å². The average molecular weight is 265 g/mol. The smallest absolute Gasteiger partial charge is 0.0415 e. The predicted octanol–water partition coefficient (Wildman–Crippen LogP) is 3.70. The van der Waals surface area contributed by atoms with E-state index >= 15 is 0 Å². The van der Waals surface area contributed by atoms with Crippen LogP contribution in [0.2, 0.25) is 0 Å². The number of aryl methyl sites for hydroxylation is 1. The second-order valence-electron chi connectivity index (χ2n) is 3.54. The van der Waals surface area contributed by atoms with Gasteiger partial charge in [0.25, 0.3) is 0 Å². The molecule has 15 heavy (non-hydrogen) atoms. The summed E-state index contributed by atoms with van der Waals surface area (Å²) in [7, 11) is 0. The fraction of sp³-hybridized carbons (Fsp3) is 0.167. The number of aromatic amines is 1. The molecule has 0 saturated carbocycles. The van der Waals surface area contributed by atoms with E-state index in [0.717, 1.165) is 16.7 Å². The number of benzene rings is 1. The molecule has 0 bridgehead atoms. The Morgan fingerprint density at radius 3 is 2.87 bits per heavy atom. The predicted molar refractivity (Wildman–Crippen MR) is 67.0 cm³/mol. The fourth-order valence-electron chi connectivity index (χ4n) is 1.38. The SMILES string of the molecule is Cc1ccc(NCc2cc[nH]c2)cc1Br. The first-order chi connectivity index (χ1) is 7.25. The monoisotopic (exact) mass is 264 g/mol. The van der Waals surface area contributed by atoms with Crippen LogP contribution >= 0.6 is 15.9 Å². The highest BCUT2D eigenvalue weighted by Gasteiger charge is 1.97. The zero-order valence-corrected chi connectivity index (χ0v) is 10.1. The molecule has 3 heteroatoms. The molecule has 0 aliphatic rings. The van der Waals surface area contributed by atoms with Crippen molar-refractivity contribution in [3.05, 3.63) is 52.3 Å². The van der Waals surface area contributed by atoms with Gasteiger partial charge in [0.2, 0.25) is 0 Å². The van der Waals surface area contributed by atoms with Crippen LogP contribution in [0.15, 0.2) is 41.1 Å². The van der Waals surface area contributed by atoms with Gasteiger partial charge in [-0.2, -0.15) is 0 Å². The van der Waals surface area contributed by atoms with E-state index < -0.39 is 0 Å². The summed E-state index contributed by atoms with van der Waals surface area (Å²) >= 11 is 3.52. The van der Waals surface area contributed by atoms with E-state index in [1.54, 1.807) is 0 Å². The molecule has 2 rings (SSSR count). The molecule has 1 aromatic carbocycles. The third-order valence-corrected chi connectivity index (χ3v) is 3.19. The molecule has 0 atom stereocenters. The van der Waals surface area contributed by atoms with Crippen LogP contribution in [0.3, 0.4) is 0 Å². The van der Waals surface area contributed by atoms with Crippen LogP contribution < -0.4 is 5.32 Å². The van der Waals surface area contributed by atoms with E-state index in [1.807, 2.05) is 12.4 Å². The Morgan fingerprint density at radius 1 is 1.33 bits per heavy atom. The van der Waals surface area contributed by atoms with Crippen LogP contribution in [-0.4, -0.2) is 4.98 Å². The first kappa shape index (κ1) is 10.3. The van der Waals surface area contributed by atoms with Crippen LogP contribution in [0, 0.1) is 6.92 Å². The third kappa shape index (κ3) is 2.63. The Hall–Kier alpha value is -1.22. The van der Waals surface area contributed by atoms with Gasteiger partial charge in [0, 0.05) is 29.1 Å². The molecule has 1 heterocycles. The van der Waals surface area contributed by atoms with E-state index in [2.05, 4.69) is 57.4 Å². The maximum Gasteiger partial charge on any atom is 0.0415 e. The Kier molecular flexibility index (Phi) is 3.11. The number of hydrogen-bond donors (Lipinski definition) is 2. The lowest BCUT2D eigenvalue weighted by molar-refractivity contribution is 1.15. The molecule has 0 radical (unpaired) electrons. The molecule has 0 amide bonds. The molecule has 0 aliphatic heterocycles. The minimum absolute atomic E-state index is 0.846. The van der Waals surface area contributed by atoms with Crippen molar-refractivity contribution in [2.75, 3.05) is 5.32 Å². The Labute approximate surface area is 97.8 Å². The minimum atomic E-state index is 0.846. The van der Waals surface area contributed by atoms with Gasteiger partial charge in [-0.15, -0.1) is 0 Å². The lowest BCUT2D eigenvalue weighted by Crippen LogP contribution is -1.98. The van der Waals surface area contributed by atoms with Crippen LogP contribution in [0.5, 0.6) is 0 Å². The number of H-pyrrole nitrogens is 1. The van der Waals surface area contributed by atoms with Gasteiger partial charge in [0.1, 0.15) is 0 Å². The number of hydrogen-bond acceptors (Lipinski definition) is 1. The molecule has 2 nitrogen and oxygen atoms in total. The molecule has 0 spiro atoms. The second-order valence-corrected chi connectivity index (χ2v) is 4.39. The normalized spacial score (nSPS) is 10.3. The Balaban J connectivity index is 2.02. The lowest BCUT2D eigenvalue weighted by Gasteiger charge is -2.06. The minimum Gasteiger partial charge on any atom is -0.381 e. The Morgan fingerprint density at radius 2 is 2.20 bits per heavy atom. The molecule has 1 aromatic heterocycles. The van der Waals surface area contributed by atoms with Gasteiger partial charge < -0.3 is 10.3 Å².